The molecule has 0 unspecified atom stereocenters. The van der Waals surface area contributed by atoms with Crippen molar-refractivity contribution < 1.29 is 19.1 Å². The van der Waals surface area contributed by atoms with Gasteiger partial charge in [-0.25, -0.2) is 9.78 Å². The molecule has 0 radical (unpaired) electrons. The van der Waals surface area contributed by atoms with Crippen LogP contribution in [0, 0.1) is 11.8 Å². The number of carbonyl (C=O) groups excluding carboxylic acids is 3. The summed E-state index contributed by atoms with van der Waals surface area (Å²) in [5.74, 6) is -0.643. The molecule has 0 bridgehead atoms. The molecular weight excluding hydrogens is 504 g/mol. The Balaban J connectivity index is 1.58. The Kier molecular flexibility index (Phi) is 10.6. The van der Waals surface area contributed by atoms with Gasteiger partial charge in [-0.1, -0.05) is 52.0 Å². The number of amides is 3. The molecule has 0 saturated carbocycles. The molecule has 0 fully saturated rings. The van der Waals surface area contributed by atoms with Crippen LogP contribution in [0.2, 0.25) is 0 Å². The molecule has 202 valence electrons. The average molecular weight is 539 g/mol. The predicted molar refractivity (Wildman–Crippen MR) is 147 cm³/mol. The second kappa shape index (κ2) is 14.1. The van der Waals surface area contributed by atoms with Gasteiger partial charge >= 0.3 is 6.09 Å². The fourth-order valence-corrected chi connectivity index (χ4v) is 4.38. The van der Waals surface area contributed by atoms with Crippen molar-refractivity contribution in [2.45, 2.75) is 46.8 Å². The first-order chi connectivity index (χ1) is 18.2. The SMILES string of the molecule is CC(C)C[C@@H](NC(=O)OCc1cccnc1)C(=O)NNC(=O)c1csc(N(CC(C)C)c2ccccc2)n1. The maximum Gasteiger partial charge on any atom is 0.408 e. The van der Waals surface area contributed by atoms with E-state index >= 15 is 0 Å². The molecule has 0 aliphatic rings. The van der Waals surface area contributed by atoms with Crippen LogP contribution >= 0.6 is 11.3 Å². The van der Waals surface area contributed by atoms with Crippen LogP contribution in [-0.4, -0.2) is 40.5 Å². The van der Waals surface area contributed by atoms with Crippen LogP contribution in [0.5, 0.6) is 0 Å². The van der Waals surface area contributed by atoms with Crippen molar-refractivity contribution in [3.05, 3.63) is 71.5 Å². The molecule has 0 aliphatic carbocycles. The molecule has 1 aromatic carbocycles. The summed E-state index contributed by atoms with van der Waals surface area (Å²) >= 11 is 1.35. The number of thiazole rings is 1. The number of benzene rings is 1. The Labute approximate surface area is 226 Å². The lowest BCUT2D eigenvalue weighted by Gasteiger charge is -2.23. The van der Waals surface area contributed by atoms with Crippen LogP contribution in [0.4, 0.5) is 15.6 Å². The molecule has 3 aromatic rings. The number of hydrazine groups is 1. The van der Waals surface area contributed by atoms with E-state index in [9.17, 15) is 14.4 Å². The highest BCUT2D eigenvalue weighted by molar-refractivity contribution is 7.14. The van der Waals surface area contributed by atoms with Gasteiger partial charge in [-0.05, 0) is 36.5 Å². The van der Waals surface area contributed by atoms with E-state index in [1.54, 1.807) is 29.9 Å². The number of nitrogens with zero attached hydrogens (tertiary/aromatic N) is 3. The van der Waals surface area contributed by atoms with E-state index in [0.717, 1.165) is 17.8 Å². The molecule has 10 nitrogen and oxygen atoms in total. The van der Waals surface area contributed by atoms with Gasteiger partial charge in [0.25, 0.3) is 11.8 Å². The molecule has 3 rings (SSSR count). The van der Waals surface area contributed by atoms with Crippen LogP contribution in [0.25, 0.3) is 0 Å². The van der Waals surface area contributed by atoms with Crippen LogP contribution < -0.4 is 21.1 Å². The molecule has 3 amide bonds. The highest BCUT2D eigenvalue weighted by Gasteiger charge is 2.24. The van der Waals surface area contributed by atoms with E-state index in [1.165, 1.54) is 11.3 Å². The van der Waals surface area contributed by atoms with Gasteiger partial charge in [0, 0.05) is 35.6 Å². The predicted octanol–water partition coefficient (Wildman–Crippen LogP) is 4.43. The monoisotopic (exact) mass is 538 g/mol. The maximum absolute atomic E-state index is 12.8. The van der Waals surface area contributed by atoms with E-state index in [2.05, 4.69) is 44.9 Å². The van der Waals surface area contributed by atoms with Crippen molar-refractivity contribution in [1.82, 2.24) is 26.1 Å². The van der Waals surface area contributed by atoms with Crippen molar-refractivity contribution >= 4 is 40.1 Å². The quantitative estimate of drug-likeness (QED) is 0.308. The Morgan fingerprint density at radius 2 is 1.76 bits per heavy atom. The van der Waals surface area contributed by atoms with E-state index in [-0.39, 0.29) is 18.2 Å². The molecule has 1 atom stereocenters. The summed E-state index contributed by atoms with van der Waals surface area (Å²) in [6.45, 7) is 8.83. The highest BCUT2D eigenvalue weighted by atomic mass is 32.1. The number of alkyl carbamates (subject to hydrolysis) is 1. The molecule has 38 heavy (non-hydrogen) atoms. The first-order valence-electron chi connectivity index (χ1n) is 12.4. The van der Waals surface area contributed by atoms with Gasteiger partial charge in [-0.3, -0.25) is 25.4 Å². The lowest BCUT2D eigenvalue weighted by molar-refractivity contribution is -0.124. The van der Waals surface area contributed by atoms with Crippen LogP contribution in [0.3, 0.4) is 0 Å². The molecule has 0 spiro atoms. The third kappa shape index (κ3) is 8.84. The third-order valence-corrected chi connectivity index (χ3v) is 6.14. The minimum absolute atomic E-state index is 0.0232. The normalized spacial score (nSPS) is 11.6. The zero-order valence-electron chi connectivity index (χ0n) is 22.0. The first-order valence-corrected chi connectivity index (χ1v) is 13.3. The van der Waals surface area contributed by atoms with Crippen LogP contribution in [0.15, 0.2) is 60.2 Å². The van der Waals surface area contributed by atoms with Gasteiger partial charge in [-0.15, -0.1) is 11.3 Å². The van der Waals surface area contributed by atoms with Crippen molar-refractivity contribution in [2.75, 3.05) is 11.4 Å². The van der Waals surface area contributed by atoms with Gasteiger partial charge in [0.1, 0.15) is 18.3 Å². The third-order valence-electron chi connectivity index (χ3n) is 5.28. The molecule has 3 N–H and O–H groups in total. The second-order valence-corrected chi connectivity index (χ2v) is 10.4. The summed E-state index contributed by atoms with van der Waals surface area (Å²) in [6, 6.07) is 12.5. The lowest BCUT2D eigenvalue weighted by atomic mass is 10.0. The van der Waals surface area contributed by atoms with E-state index in [4.69, 9.17) is 4.74 Å². The number of carbonyl (C=O) groups is 3. The molecule has 2 heterocycles. The smallest absolute Gasteiger partial charge is 0.408 e. The van der Waals surface area contributed by atoms with Gasteiger partial charge in [0.05, 0.1) is 0 Å². The summed E-state index contributed by atoms with van der Waals surface area (Å²) in [7, 11) is 0. The van der Waals surface area contributed by atoms with E-state index in [1.807, 2.05) is 44.2 Å². The summed E-state index contributed by atoms with van der Waals surface area (Å²) in [6.07, 6.45) is 2.83. The summed E-state index contributed by atoms with van der Waals surface area (Å²) < 4.78 is 5.20. The van der Waals surface area contributed by atoms with Crippen LogP contribution in [0.1, 0.15) is 50.2 Å². The summed E-state index contributed by atoms with van der Waals surface area (Å²) in [5, 5.41) is 4.90. The second-order valence-electron chi connectivity index (χ2n) is 9.56. The number of anilines is 2. The Hall–Kier alpha value is -3.99. The molecule has 11 heteroatoms. The molecule has 0 aliphatic heterocycles. The van der Waals surface area contributed by atoms with Crippen molar-refractivity contribution in [2.24, 2.45) is 11.8 Å². The molecular formula is C27H34N6O4S. The largest absolute Gasteiger partial charge is 0.445 e. The Morgan fingerprint density at radius 3 is 2.42 bits per heavy atom. The minimum atomic E-state index is -0.901. The van der Waals surface area contributed by atoms with Crippen LogP contribution in [-0.2, 0) is 16.1 Å². The Bertz CT molecular complexity index is 1190. The zero-order valence-corrected chi connectivity index (χ0v) is 22.8. The number of hydrogen-bond donors (Lipinski definition) is 3. The molecule has 2 aromatic heterocycles. The van der Waals surface area contributed by atoms with Gasteiger partial charge in [0.15, 0.2) is 5.13 Å². The number of pyridine rings is 1. The number of rotatable bonds is 11. The number of aromatic nitrogens is 2. The number of ether oxygens (including phenoxy) is 1. The zero-order chi connectivity index (χ0) is 27.5. The molecule has 0 saturated heterocycles. The maximum atomic E-state index is 12.8. The average Bonchev–Trinajstić information content (AvgIpc) is 3.39. The fourth-order valence-electron chi connectivity index (χ4n) is 3.55. The lowest BCUT2D eigenvalue weighted by Crippen LogP contribution is -2.52. The standard InChI is InChI=1S/C27H34N6O4S/c1-18(2)13-22(30-27(36)37-16-20-9-8-12-28-14-20)24(34)31-32-25(35)23-17-38-26(29-23)33(15-19(3)4)21-10-6-5-7-11-21/h5-12,14,17-19,22H,13,15-16H2,1-4H3,(H,30,36)(H,31,34)(H,32,35)/t22-/m1/s1. The van der Waals surface area contributed by atoms with Crippen molar-refractivity contribution in [3.8, 4) is 0 Å². The summed E-state index contributed by atoms with van der Waals surface area (Å²) in [5.41, 5.74) is 6.69. The summed E-state index contributed by atoms with van der Waals surface area (Å²) in [4.78, 5) is 48.4. The van der Waals surface area contributed by atoms with Crippen molar-refractivity contribution in [1.29, 1.82) is 0 Å². The topological polar surface area (TPSA) is 126 Å². The van der Waals surface area contributed by atoms with Gasteiger partial charge < -0.3 is 15.0 Å². The Morgan fingerprint density at radius 1 is 1.00 bits per heavy atom. The van der Waals surface area contributed by atoms with E-state index < -0.39 is 23.9 Å². The van der Waals surface area contributed by atoms with E-state index in [0.29, 0.717) is 17.5 Å². The van der Waals surface area contributed by atoms with Crippen molar-refractivity contribution in [3.63, 3.8) is 0 Å². The number of nitrogens with one attached hydrogen (secondary N) is 3. The number of hydrogen-bond acceptors (Lipinski definition) is 8. The highest BCUT2D eigenvalue weighted by Crippen LogP contribution is 2.29. The minimum Gasteiger partial charge on any atom is -0.445 e. The van der Waals surface area contributed by atoms with Gasteiger partial charge in [-0.2, -0.15) is 0 Å². The number of para-hydroxylation sites is 1. The fraction of sp³-hybridized carbons (Fsp3) is 0.370. The van der Waals surface area contributed by atoms with Gasteiger partial charge in [0.2, 0.25) is 0 Å². The first kappa shape index (κ1) is 28.6.